The van der Waals surface area contributed by atoms with E-state index in [0.29, 0.717) is 6.04 Å². The maximum absolute atomic E-state index is 9.02. The van der Waals surface area contributed by atoms with Crippen LogP contribution in [0.1, 0.15) is 18.5 Å². The van der Waals surface area contributed by atoms with Gasteiger partial charge in [-0.05, 0) is 31.7 Å². The summed E-state index contributed by atoms with van der Waals surface area (Å²) < 4.78 is 1.12. The van der Waals surface area contributed by atoms with Gasteiger partial charge in [-0.2, -0.15) is 0 Å². The normalized spacial score (nSPS) is 18.3. The van der Waals surface area contributed by atoms with Crippen LogP contribution in [0.4, 0.5) is 5.69 Å². The van der Waals surface area contributed by atoms with E-state index in [9.17, 15) is 0 Å². The molecule has 2 rings (SSSR count). The van der Waals surface area contributed by atoms with E-state index < -0.39 is 0 Å². The second kappa shape index (κ2) is 7.41. The summed E-state index contributed by atoms with van der Waals surface area (Å²) in [7, 11) is 2.00. The van der Waals surface area contributed by atoms with Gasteiger partial charge in [-0.15, -0.1) is 0 Å². The standard InChI is InChI=1S/C15H24BrN3O/c1-12(17-2)14-4-3-13(16)11-15(14)19-7-5-18(6-8-19)9-10-20/h3-4,11-12,17,20H,5-10H2,1-2H3. The van der Waals surface area contributed by atoms with Crippen LogP contribution in [0.15, 0.2) is 22.7 Å². The largest absolute Gasteiger partial charge is 0.395 e. The number of aliphatic hydroxyl groups excluding tert-OH is 1. The Labute approximate surface area is 129 Å². The minimum absolute atomic E-state index is 0.249. The van der Waals surface area contributed by atoms with Crippen LogP contribution in [0.3, 0.4) is 0 Å². The molecule has 1 saturated heterocycles. The first-order valence-corrected chi connectivity index (χ1v) is 8.00. The van der Waals surface area contributed by atoms with E-state index in [0.717, 1.165) is 37.2 Å². The molecule has 5 heteroatoms. The van der Waals surface area contributed by atoms with Crippen LogP contribution in [-0.4, -0.2) is 56.4 Å². The van der Waals surface area contributed by atoms with Gasteiger partial charge in [0, 0.05) is 48.9 Å². The SMILES string of the molecule is CNC(C)c1ccc(Br)cc1N1CCN(CCO)CC1. The Morgan fingerprint density at radius 2 is 2.00 bits per heavy atom. The first-order chi connectivity index (χ1) is 9.65. The summed E-state index contributed by atoms with van der Waals surface area (Å²) in [4.78, 5) is 4.76. The monoisotopic (exact) mass is 341 g/mol. The first kappa shape index (κ1) is 15.8. The van der Waals surface area contributed by atoms with Gasteiger partial charge in [0.25, 0.3) is 0 Å². The number of β-amino-alcohol motifs (C(OH)–C–C–N with tert-alkyl or cyclic N) is 1. The van der Waals surface area contributed by atoms with Crippen molar-refractivity contribution in [2.45, 2.75) is 13.0 Å². The molecule has 0 saturated carbocycles. The number of nitrogens with zero attached hydrogens (tertiary/aromatic N) is 2. The van der Waals surface area contributed by atoms with Gasteiger partial charge in [0.2, 0.25) is 0 Å². The number of piperazine rings is 1. The highest BCUT2D eigenvalue weighted by Crippen LogP contribution is 2.30. The summed E-state index contributed by atoms with van der Waals surface area (Å²) >= 11 is 3.58. The van der Waals surface area contributed by atoms with Gasteiger partial charge in [-0.25, -0.2) is 0 Å². The lowest BCUT2D eigenvalue weighted by atomic mass is 10.0. The molecule has 1 aliphatic heterocycles. The lowest BCUT2D eigenvalue weighted by molar-refractivity contribution is 0.188. The number of hydrogen-bond donors (Lipinski definition) is 2. The molecule has 1 aromatic rings. The van der Waals surface area contributed by atoms with Crippen LogP contribution in [0, 0.1) is 0 Å². The molecule has 112 valence electrons. The zero-order valence-corrected chi connectivity index (χ0v) is 13.9. The van der Waals surface area contributed by atoms with E-state index in [-0.39, 0.29) is 6.61 Å². The van der Waals surface area contributed by atoms with E-state index >= 15 is 0 Å². The summed E-state index contributed by atoms with van der Waals surface area (Å²) in [5, 5.41) is 12.3. The number of benzene rings is 1. The minimum Gasteiger partial charge on any atom is -0.395 e. The zero-order chi connectivity index (χ0) is 14.5. The lowest BCUT2D eigenvalue weighted by Crippen LogP contribution is -2.47. The van der Waals surface area contributed by atoms with Gasteiger partial charge in [0.15, 0.2) is 0 Å². The maximum atomic E-state index is 9.02. The second-order valence-electron chi connectivity index (χ2n) is 5.27. The summed E-state index contributed by atoms with van der Waals surface area (Å²) in [5.41, 5.74) is 2.65. The summed E-state index contributed by atoms with van der Waals surface area (Å²) in [6.45, 7) is 7.28. The zero-order valence-electron chi connectivity index (χ0n) is 12.3. The fourth-order valence-corrected chi connectivity index (χ4v) is 3.02. The van der Waals surface area contributed by atoms with Gasteiger partial charge in [0.05, 0.1) is 6.61 Å². The average molecular weight is 342 g/mol. The molecule has 1 heterocycles. The quantitative estimate of drug-likeness (QED) is 0.857. The predicted molar refractivity (Wildman–Crippen MR) is 87.4 cm³/mol. The Morgan fingerprint density at radius 3 is 2.60 bits per heavy atom. The molecule has 1 atom stereocenters. The highest BCUT2D eigenvalue weighted by atomic mass is 79.9. The van der Waals surface area contributed by atoms with Crippen LogP contribution >= 0.6 is 15.9 Å². The Balaban J connectivity index is 2.14. The van der Waals surface area contributed by atoms with Crippen molar-refractivity contribution in [3.05, 3.63) is 28.2 Å². The van der Waals surface area contributed by atoms with Gasteiger partial charge in [-0.1, -0.05) is 22.0 Å². The summed E-state index contributed by atoms with van der Waals surface area (Å²) in [6.07, 6.45) is 0. The third kappa shape index (κ3) is 3.73. The molecule has 0 radical (unpaired) electrons. The first-order valence-electron chi connectivity index (χ1n) is 7.20. The van der Waals surface area contributed by atoms with Gasteiger partial charge in [0.1, 0.15) is 0 Å². The molecule has 2 N–H and O–H groups in total. The molecule has 0 aliphatic carbocycles. The maximum Gasteiger partial charge on any atom is 0.0558 e. The van der Waals surface area contributed by atoms with Crippen LogP contribution < -0.4 is 10.2 Å². The van der Waals surface area contributed by atoms with Crippen molar-refractivity contribution in [3.8, 4) is 0 Å². The number of nitrogens with one attached hydrogen (secondary N) is 1. The molecular formula is C15H24BrN3O. The predicted octanol–water partition coefficient (Wildman–Crippen LogP) is 1.84. The van der Waals surface area contributed by atoms with Crippen molar-refractivity contribution in [2.75, 3.05) is 51.3 Å². The highest BCUT2D eigenvalue weighted by Gasteiger charge is 2.20. The van der Waals surface area contributed by atoms with E-state index in [1.165, 1.54) is 11.3 Å². The lowest BCUT2D eigenvalue weighted by Gasteiger charge is -2.37. The molecule has 1 fully saturated rings. The van der Waals surface area contributed by atoms with Crippen LogP contribution in [0.2, 0.25) is 0 Å². The molecule has 1 aliphatic rings. The number of aliphatic hydroxyl groups is 1. The number of hydrogen-bond acceptors (Lipinski definition) is 4. The Hall–Kier alpha value is -0.620. The molecule has 0 amide bonds. The molecular weight excluding hydrogens is 318 g/mol. The van der Waals surface area contributed by atoms with Crippen LogP contribution in [0.25, 0.3) is 0 Å². The van der Waals surface area contributed by atoms with Crippen molar-refractivity contribution >= 4 is 21.6 Å². The van der Waals surface area contributed by atoms with Crippen molar-refractivity contribution in [3.63, 3.8) is 0 Å². The molecule has 0 spiro atoms. The fraction of sp³-hybridized carbons (Fsp3) is 0.600. The molecule has 0 aromatic heterocycles. The number of rotatable bonds is 5. The van der Waals surface area contributed by atoms with Crippen LogP contribution in [-0.2, 0) is 0 Å². The van der Waals surface area contributed by atoms with E-state index in [4.69, 9.17) is 5.11 Å². The minimum atomic E-state index is 0.249. The summed E-state index contributed by atoms with van der Waals surface area (Å²) in [6, 6.07) is 6.86. The average Bonchev–Trinajstić information content (AvgIpc) is 2.47. The van der Waals surface area contributed by atoms with Crippen molar-refractivity contribution < 1.29 is 5.11 Å². The van der Waals surface area contributed by atoms with Gasteiger partial charge >= 0.3 is 0 Å². The molecule has 1 unspecified atom stereocenters. The topological polar surface area (TPSA) is 38.7 Å². The summed E-state index contributed by atoms with van der Waals surface area (Å²) in [5.74, 6) is 0. The molecule has 4 nitrogen and oxygen atoms in total. The Bertz CT molecular complexity index is 433. The van der Waals surface area contributed by atoms with E-state index in [1.807, 2.05) is 7.05 Å². The Morgan fingerprint density at radius 1 is 1.30 bits per heavy atom. The second-order valence-corrected chi connectivity index (χ2v) is 6.18. The van der Waals surface area contributed by atoms with E-state index in [2.05, 4.69) is 56.2 Å². The van der Waals surface area contributed by atoms with Crippen molar-refractivity contribution in [1.29, 1.82) is 0 Å². The third-order valence-electron chi connectivity index (χ3n) is 4.02. The van der Waals surface area contributed by atoms with Crippen LogP contribution in [0.5, 0.6) is 0 Å². The van der Waals surface area contributed by atoms with Crippen molar-refractivity contribution in [2.24, 2.45) is 0 Å². The number of halogens is 1. The smallest absolute Gasteiger partial charge is 0.0558 e. The van der Waals surface area contributed by atoms with Gasteiger partial charge < -0.3 is 15.3 Å². The van der Waals surface area contributed by atoms with E-state index in [1.54, 1.807) is 0 Å². The molecule has 1 aromatic carbocycles. The Kier molecular flexibility index (Phi) is 5.84. The molecule has 20 heavy (non-hydrogen) atoms. The highest BCUT2D eigenvalue weighted by molar-refractivity contribution is 9.10. The van der Waals surface area contributed by atoms with Gasteiger partial charge in [-0.3, -0.25) is 4.90 Å². The number of anilines is 1. The fourth-order valence-electron chi connectivity index (χ4n) is 2.67. The molecule has 0 bridgehead atoms. The third-order valence-corrected chi connectivity index (χ3v) is 4.51. The van der Waals surface area contributed by atoms with Crippen molar-refractivity contribution in [1.82, 2.24) is 10.2 Å².